The van der Waals surface area contributed by atoms with Crippen LogP contribution in [0.15, 0.2) is 346 Å². The van der Waals surface area contributed by atoms with Gasteiger partial charge >= 0.3 is 63.2 Å². The SMILES string of the molecule is CC(C)c1cc2c3c(c1)Oc1ccc(-c4nc5ccccc5n4-c4ccccc4)[c-]c1B3c1[c-]c(Oc3ccccn3)ccc1O2.Cc1cc(C)c2c3c1Oc1ccc(Oc4ccccn4)[c-]c1B3c1[c-]c(-c3nc4ccccc4n3-c3ccccc3)ccc1O2.[Pt+2].[Pt+2].[Pt+2].[c-]1c(Oc2ccccn2)ccc2c1B1c3[c-]c(-c4nc5ccccc5n4-c4ccccc4)ccc3Oc3cccc(c31)O2. The van der Waals surface area contributed by atoms with Gasteiger partial charge in [-0.1, -0.05) is 129 Å². The minimum atomic E-state index is -0.250. The van der Waals surface area contributed by atoms with Crippen LogP contribution in [0.2, 0.25) is 0 Å². The molecule has 18 nitrogen and oxygen atoms in total. The molecule has 27 rings (SSSR count). The molecular weight excluding hydrogens is 2240 g/mol. The Morgan fingerprint density at radius 2 is 0.577 bits per heavy atom. The van der Waals surface area contributed by atoms with Crippen molar-refractivity contribution in [1.29, 1.82) is 0 Å². The zero-order valence-electron chi connectivity index (χ0n) is 73.4. The van der Waals surface area contributed by atoms with E-state index in [4.69, 9.17) is 57.6 Å². The maximum Gasteiger partial charge on any atom is 2.00 e. The molecule has 24 heteroatoms. The third-order valence-electron chi connectivity index (χ3n) is 24.9. The first-order valence-electron chi connectivity index (χ1n) is 44.3. The standard InChI is InChI=1S/C39H26BN3O3.C38H24BN3O3.C36H20BN3O3.3Pt/c1-24(2)26-21-35-38-36(22-26)46-34-18-16-28(44-37-14-8-9-19-41-37)23-30(34)40(38)29-20-25(15-17-33(29)45-35)39-42-31-12-6-7-13-32(31)43(39)27-10-4-3-5-11-27;1-23-20-24(2)37-35-36(23)44-32-17-15-25(38-41-30-12-6-7-13-31(30)42(38)26-10-4-3-5-11-26)21-28(32)39(35)29-22-27(16-18-33(29)45-37)43-34-14-8-9-19-40-34;1-2-9-24(10-3-1)40-29-12-5-4-11-28(29)39-36(40)23-16-18-30-26(21-23)37-27-22-25(41-34-15-6-7-20-38-34)17-19-31(27)43-33-14-8-13-32(42-30)35(33)37;;;/h3-19,21-22,24H,1-2H3;3-20H,1-2H3;1-20H;;;/q3*-2;3*+2. The number of aryl methyl sites for hydroxylation is 2. The molecule has 21 aromatic rings. The molecule has 0 saturated heterocycles. The Kier molecular flexibility index (Phi) is 22.9. The molecule has 0 radical (unpaired) electrons. The van der Waals surface area contributed by atoms with Gasteiger partial charge in [0.05, 0.1) is 50.6 Å². The minimum absolute atomic E-state index is 0. The summed E-state index contributed by atoms with van der Waals surface area (Å²) >= 11 is 0. The molecule has 0 unspecified atom stereocenters. The number of nitrogens with zero attached hydrogens (tertiary/aromatic N) is 9. The molecule has 660 valence electrons. The zero-order valence-corrected chi connectivity index (χ0v) is 80.2. The number of ether oxygens (including phenoxy) is 9. The van der Waals surface area contributed by atoms with Crippen molar-refractivity contribution >= 4 is 102 Å². The number of imidazole rings is 3. The van der Waals surface area contributed by atoms with Crippen molar-refractivity contribution in [2.45, 2.75) is 33.6 Å². The maximum atomic E-state index is 6.63. The minimum Gasteiger partial charge on any atom is -0.518 e. The van der Waals surface area contributed by atoms with Gasteiger partial charge in [-0.25, -0.2) is 15.0 Å². The van der Waals surface area contributed by atoms with Crippen molar-refractivity contribution in [1.82, 2.24) is 43.6 Å². The molecule has 0 aliphatic carbocycles. The summed E-state index contributed by atoms with van der Waals surface area (Å²) in [7, 11) is 0. The second kappa shape index (κ2) is 36.1. The summed E-state index contributed by atoms with van der Waals surface area (Å²) in [6, 6.07) is 130. The van der Waals surface area contributed by atoms with E-state index in [0.717, 1.165) is 213 Å². The van der Waals surface area contributed by atoms with E-state index in [1.807, 2.05) is 255 Å². The van der Waals surface area contributed by atoms with Crippen LogP contribution in [-0.4, -0.2) is 63.7 Å². The number of hydrogen-bond donors (Lipinski definition) is 0. The smallest absolute Gasteiger partial charge is 0.518 e. The zero-order chi connectivity index (χ0) is 89.2. The van der Waals surface area contributed by atoms with E-state index < -0.39 is 0 Å². The van der Waals surface area contributed by atoms with E-state index in [9.17, 15) is 0 Å². The van der Waals surface area contributed by atoms with Crippen LogP contribution >= 0.6 is 0 Å². The van der Waals surface area contributed by atoms with Crippen LogP contribution < -0.4 is 91.8 Å². The summed E-state index contributed by atoms with van der Waals surface area (Å²) < 4.78 is 64.0. The molecule has 0 atom stereocenters. The molecule has 0 fully saturated rings. The van der Waals surface area contributed by atoms with Crippen molar-refractivity contribution in [2.24, 2.45) is 0 Å². The number of para-hydroxylation sites is 9. The van der Waals surface area contributed by atoms with Gasteiger partial charge in [-0.05, 0) is 158 Å². The number of rotatable bonds is 13. The Balaban J connectivity index is 0.000000118. The Morgan fingerprint density at radius 3 is 0.920 bits per heavy atom. The predicted octanol–water partition coefficient (Wildman–Crippen LogP) is 20.4. The summed E-state index contributed by atoms with van der Waals surface area (Å²) in [5.41, 5.74) is 22.9. The van der Waals surface area contributed by atoms with Crippen LogP contribution in [0.1, 0.15) is 36.5 Å². The van der Waals surface area contributed by atoms with Gasteiger partial charge in [-0.15, -0.1) is 159 Å². The van der Waals surface area contributed by atoms with E-state index in [1.165, 1.54) is 0 Å². The third kappa shape index (κ3) is 15.6. The largest absolute Gasteiger partial charge is 2.00 e. The van der Waals surface area contributed by atoms with Crippen molar-refractivity contribution in [3.05, 3.63) is 399 Å². The van der Waals surface area contributed by atoms with Crippen LogP contribution in [0.4, 0.5) is 0 Å². The van der Waals surface area contributed by atoms with E-state index in [1.54, 1.807) is 18.6 Å². The molecule has 0 bridgehead atoms. The molecule has 0 spiro atoms. The summed E-state index contributed by atoms with van der Waals surface area (Å²) in [5.74, 6) is 14.9. The first-order chi connectivity index (χ1) is 66.0. The van der Waals surface area contributed by atoms with Gasteiger partial charge in [0.2, 0.25) is 37.8 Å². The van der Waals surface area contributed by atoms with Crippen LogP contribution in [0.3, 0.4) is 0 Å². The molecule has 15 aromatic carbocycles. The fourth-order valence-corrected chi connectivity index (χ4v) is 18.9. The Bertz CT molecular complexity index is 8240. The first kappa shape index (κ1) is 87.0. The van der Waals surface area contributed by atoms with E-state index in [2.05, 4.69) is 166 Å². The van der Waals surface area contributed by atoms with Gasteiger partial charge in [-0.2, -0.15) is 0 Å². The molecule has 0 amide bonds. The number of aromatic nitrogens is 9. The van der Waals surface area contributed by atoms with Crippen molar-refractivity contribution in [2.75, 3.05) is 0 Å². The fraction of sp³-hybridized carbons (Fsp3) is 0.0442. The van der Waals surface area contributed by atoms with Crippen LogP contribution in [-0.2, 0) is 63.2 Å². The molecule has 137 heavy (non-hydrogen) atoms. The maximum absolute atomic E-state index is 6.63. The normalized spacial score (nSPS) is 12.3. The van der Waals surface area contributed by atoms with Gasteiger partial charge in [0.25, 0.3) is 0 Å². The second-order valence-electron chi connectivity index (χ2n) is 33.6. The Hall–Kier alpha value is -15.4. The van der Waals surface area contributed by atoms with E-state index in [0.29, 0.717) is 46.6 Å². The van der Waals surface area contributed by atoms with Crippen LogP contribution in [0.5, 0.6) is 104 Å². The molecule has 6 aliphatic rings. The van der Waals surface area contributed by atoms with Crippen molar-refractivity contribution < 1.29 is 106 Å². The predicted molar refractivity (Wildman–Crippen MR) is 522 cm³/mol. The first-order valence-corrected chi connectivity index (χ1v) is 44.3. The third-order valence-corrected chi connectivity index (χ3v) is 24.9. The summed E-state index contributed by atoms with van der Waals surface area (Å²) in [5, 5.41) is 0. The van der Waals surface area contributed by atoms with Gasteiger partial charge in [0, 0.05) is 122 Å². The van der Waals surface area contributed by atoms with Crippen molar-refractivity contribution in [3.8, 4) is 155 Å². The summed E-state index contributed by atoms with van der Waals surface area (Å²) in [6.07, 6.45) is 5.12. The average Bonchev–Trinajstić information content (AvgIpc) is 0.902. The summed E-state index contributed by atoms with van der Waals surface area (Å²) in [4.78, 5) is 28.3. The van der Waals surface area contributed by atoms with Gasteiger partial charge in [0.15, 0.2) is 0 Å². The average molecular weight is 2320 g/mol. The molecule has 6 aliphatic heterocycles. The quantitative estimate of drug-likeness (QED) is 0.0787. The van der Waals surface area contributed by atoms with E-state index in [-0.39, 0.29) is 83.3 Å². The number of benzene rings is 15. The van der Waals surface area contributed by atoms with Crippen LogP contribution in [0, 0.1) is 50.2 Å². The Morgan fingerprint density at radius 1 is 0.277 bits per heavy atom. The van der Waals surface area contributed by atoms with Gasteiger partial charge in [-0.3, -0.25) is 15.0 Å². The van der Waals surface area contributed by atoms with Gasteiger partial charge < -0.3 is 56.3 Å². The molecule has 0 N–H and O–H groups in total. The number of pyridine rings is 3. The number of fused-ring (bicyclic) bond motifs is 15. The molecule has 6 aromatic heterocycles. The summed E-state index contributed by atoms with van der Waals surface area (Å²) in [6.45, 7) is 7.76. The van der Waals surface area contributed by atoms with Gasteiger partial charge in [0.1, 0.15) is 34.5 Å². The Labute approximate surface area is 832 Å². The monoisotopic (exact) mass is 2310 g/mol. The topological polar surface area (TPSA) is 175 Å². The number of hydrogen-bond acceptors (Lipinski definition) is 15. The molecule has 12 heterocycles. The fourth-order valence-electron chi connectivity index (χ4n) is 18.9. The second-order valence-corrected chi connectivity index (χ2v) is 33.6. The van der Waals surface area contributed by atoms with Crippen molar-refractivity contribution in [3.63, 3.8) is 0 Å². The van der Waals surface area contributed by atoms with E-state index >= 15 is 0 Å². The molecular formula is C113H70B3N9O9Pt3. The molecule has 0 saturated carbocycles. The van der Waals surface area contributed by atoms with Crippen LogP contribution in [0.25, 0.3) is 84.3 Å².